The van der Waals surface area contributed by atoms with Gasteiger partial charge in [-0.05, 0) is 92.8 Å². The maximum Gasteiger partial charge on any atom is 0.340 e. The van der Waals surface area contributed by atoms with Gasteiger partial charge in [0, 0.05) is 29.6 Å². The van der Waals surface area contributed by atoms with Gasteiger partial charge in [0.25, 0.3) is 5.56 Å². The number of alkyl halides is 1. The maximum absolute atomic E-state index is 16.3. The normalized spacial score (nSPS) is 22.4. The van der Waals surface area contributed by atoms with Crippen molar-refractivity contribution in [2.45, 2.75) is 70.1 Å². The Morgan fingerprint density at radius 3 is 2.68 bits per heavy atom. The molecule has 3 heterocycles. The lowest BCUT2D eigenvalue weighted by molar-refractivity contribution is -0.120. The first-order valence-electron chi connectivity index (χ1n) is 13.8. The highest BCUT2D eigenvalue weighted by Crippen LogP contribution is 2.49. The molecule has 0 radical (unpaired) electrons. The number of nitrogens with one attached hydrogen (secondary N) is 1. The molecule has 6 rings (SSSR count). The standard InChI is InChI=1S/C31H32ClFN4O4/c1-15-17(6-4-8-23(15)37-25(38)14-24-20(32)7-5-11-36(24)30(37)40)26-21(33)13-19(29(34)39)28-27(26)18-10-9-16(31(2,3)41)12-22(18)35-28/h4-8,11,14,16,19,21,26,35,41H,9-10,12-13H2,1-3H3,(H2,34,39)/t16-,19-,21+,26?/m0/s1. The van der Waals surface area contributed by atoms with Crippen molar-refractivity contribution in [3.05, 3.63) is 102 Å². The number of primary amides is 1. The van der Waals surface area contributed by atoms with Gasteiger partial charge < -0.3 is 15.8 Å². The summed E-state index contributed by atoms with van der Waals surface area (Å²) in [7, 11) is 0. The molecular weight excluding hydrogens is 547 g/mol. The Kier molecular flexibility index (Phi) is 6.50. The van der Waals surface area contributed by atoms with Crippen molar-refractivity contribution in [1.82, 2.24) is 14.0 Å². The number of pyridine rings is 1. The van der Waals surface area contributed by atoms with E-state index in [0.29, 0.717) is 40.9 Å². The van der Waals surface area contributed by atoms with Gasteiger partial charge >= 0.3 is 5.69 Å². The highest BCUT2D eigenvalue weighted by Gasteiger charge is 2.44. The molecule has 3 aromatic heterocycles. The molecule has 41 heavy (non-hydrogen) atoms. The fourth-order valence-electron chi connectivity index (χ4n) is 6.88. The molecule has 10 heteroatoms. The van der Waals surface area contributed by atoms with Gasteiger partial charge in [-0.2, -0.15) is 0 Å². The molecule has 1 aromatic carbocycles. The Labute approximate surface area is 240 Å². The SMILES string of the molecule is Cc1c(C2c3c([nH]c4c3CC[C@H](C(C)(C)O)C4)[C@@H](C(N)=O)C[C@H]2F)cccc1-n1c(=O)cc2c(Cl)cccn2c1=O. The van der Waals surface area contributed by atoms with E-state index in [1.807, 2.05) is 6.07 Å². The number of halogens is 2. The minimum Gasteiger partial charge on any atom is -0.390 e. The van der Waals surface area contributed by atoms with Crippen LogP contribution in [0.4, 0.5) is 4.39 Å². The summed E-state index contributed by atoms with van der Waals surface area (Å²) in [5, 5.41) is 11.0. The number of benzene rings is 1. The molecule has 2 aliphatic rings. The number of carbonyl (C=O) groups excluding carboxylic acids is 1. The van der Waals surface area contributed by atoms with Crippen molar-refractivity contribution in [1.29, 1.82) is 0 Å². The number of hydrogen-bond acceptors (Lipinski definition) is 4. The van der Waals surface area contributed by atoms with Gasteiger partial charge in [-0.15, -0.1) is 0 Å². The van der Waals surface area contributed by atoms with Crippen LogP contribution < -0.4 is 17.0 Å². The zero-order chi connectivity index (χ0) is 29.4. The number of aromatic nitrogens is 3. The number of rotatable bonds is 4. The van der Waals surface area contributed by atoms with Crippen LogP contribution in [0.3, 0.4) is 0 Å². The number of amides is 1. The van der Waals surface area contributed by atoms with Crippen LogP contribution in [-0.4, -0.2) is 36.7 Å². The van der Waals surface area contributed by atoms with E-state index in [9.17, 15) is 19.5 Å². The molecule has 8 nitrogen and oxygen atoms in total. The van der Waals surface area contributed by atoms with Crippen LogP contribution in [0.15, 0.2) is 52.2 Å². The van der Waals surface area contributed by atoms with Crippen molar-refractivity contribution in [3.8, 4) is 5.69 Å². The third-order valence-electron chi connectivity index (χ3n) is 9.07. The molecule has 4 atom stereocenters. The third-order valence-corrected chi connectivity index (χ3v) is 9.39. The van der Waals surface area contributed by atoms with Crippen molar-refractivity contribution in [3.63, 3.8) is 0 Å². The topological polar surface area (TPSA) is 123 Å². The fourth-order valence-corrected chi connectivity index (χ4v) is 7.10. The fraction of sp³-hybridized carbons (Fsp3) is 0.387. The van der Waals surface area contributed by atoms with Gasteiger partial charge in [0.05, 0.1) is 27.7 Å². The Bertz CT molecular complexity index is 1830. The summed E-state index contributed by atoms with van der Waals surface area (Å²) in [6.07, 6.45) is 1.95. The average Bonchev–Trinajstić information content (AvgIpc) is 3.28. The van der Waals surface area contributed by atoms with Crippen LogP contribution in [-0.2, 0) is 17.6 Å². The van der Waals surface area contributed by atoms with E-state index in [1.54, 1.807) is 51.2 Å². The van der Waals surface area contributed by atoms with Crippen LogP contribution in [0.1, 0.15) is 72.2 Å². The second-order valence-corrected chi connectivity index (χ2v) is 12.3. The predicted octanol–water partition coefficient (Wildman–Crippen LogP) is 4.06. The smallest absolute Gasteiger partial charge is 0.340 e. The predicted molar refractivity (Wildman–Crippen MR) is 155 cm³/mol. The van der Waals surface area contributed by atoms with Gasteiger partial charge in [0.1, 0.15) is 6.17 Å². The van der Waals surface area contributed by atoms with E-state index in [1.165, 1.54) is 10.5 Å². The number of hydrogen-bond donors (Lipinski definition) is 3. The molecule has 2 aliphatic carbocycles. The summed E-state index contributed by atoms with van der Waals surface area (Å²) in [4.78, 5) is 42.6. The van der Waals surface area contributed by atoms with Crippen LogP contribution in [0.5, 0.6) is 0 Å². The lowest BCUT2D eigenvalue weighted by Crippen LogP contribution is -2.37. The number of aromatic amines is 1. The number of H-pyrrole nitrogens is 1. The molecule has 0 saturated heterocycles. The monoisotopic (exact) mass is 578 g/mol. The lowest BCUT2D eigenvalue weighted by Gasteiger charge is -2.35. The zero-order valence-corrected chi connectivity index (χ0v) is 23.8. The van der Waals surface area contributed by atoms with Crippen molar-refractivity contribution < 1.29 is 14.3 Å². The van der Waals surface area contributed by atoms with E-state index in [2.05, 4.69) is 4.98 Å². The summed E-state index contributed by atoms with van der Waals surface area (Å²) < 4.78 is 18.6. The third kappa shape index (κ3) is 4.33. The van der Waals surface area contributed by atoms with Gasteiger partial charge in [-0.3, -0.25) is 14.0 Å². The molecule has 1 unspecified atom stereocenters. The Morgan fingerprint density at radius 1 is 1.22 bits per heavy atom. The summed E-state index contributed by atoms with van der Waals surface area (Å²) in [6.45, 7) is 5.36. The van der Waals surface area contributed by atoms with Crippen molar-refractivity contribution in [2.75, 3.05) is 0 Å². The van der Waals surface area contributed by atoms with Crippen LogP contribution in [0, 0.1) is 12.8 Å². The first kappa shape index (κ1) is 27.5. The van der Waals surface area contributed by atoms with Crippen molar-refractivity contribution in [2.24, 2.45) is 11.7 Å². The summed E-state index contributed by atoms with van der Waals surface area (Å²) >= 11 is 6.24. The minimum absolute atomic E-state index is 0.00748. The summed E-state index contributed by atoms with van der Waals surface area (Å²) in [5.74, 6) is -2.12. The molecule has 0 bridgehead atoms. The van der Waals surface area contributed by atoms with Crippen LogP contribution in [0.25, 0.3) is 11.2 Å². The van der Waals surface area contributed by atoms with Gasteiger partial charge in [-0.25, -0.2) is 13.8 Å². The van der Waals surface area contributed by atoms with Crippen LogP contribution in [0.2, 0.25) is 5.02 Å². The van der Waals surface area contributed by atoms with E-state index < -0.39 is 40.8 Å². The lowest BCUT2D eigenvalue weighted by atomic mass is 9.70. The largest absolute Gasteiger partial charge is 0.390 e. The number of fused-ring (bicyclic) bond motifs is 4. The molecule has 0 fully saturated rings. The molecular formula is C31H32ClFN4O4. The van der Waals surface area contributed by atoms with E-state index in [4.69, 9.17) is 17.3 Å². The number of nitrogens with zero attached hydrogens (tertiary/aromatic N) is 2. The first-order valence-corrected chi connectivity index (χ1v) is 14.2. The Hall–Kier alpha value is -3.69. The van der Waals surface area contributed by atoms with E-state index in [-0.39, 0.29) is 17.4 Å². The second kappa shape index (κ2) is 9.70. The van der Waals surface area contributed by atoms with Crippen LogP contribution >= 0.6 is 11.6 Å². The zero-order valence-electron chi connectivity index (χ0n) is 23.1. The molecule has 0 spiro atoms. The number of aliphatic hydroxyl groups is 1. The molecule has 4 aromatic rings. The Balaban J connectivity index is 1.54. The Morgan fingerprint density at radius 2 is 1.98 bits per heavy atom. The van der Waals surface area contributed by atoms with E-state index >= 15 is 4.39 Å². The highest BCUT2D eigenvalue weighted by atomic mass is 35.5. The quantitative estimate of drug-likeness (QED) is 0.338. The van der Waals surface area contributed by atoms with Gasteiger partial charge in [0.15, 0.2) is 0 Å². The summed E-state index contributed by atoms with van der Waals surface area (Å²) in [6, 6.07) is 9.74. The van der Waals surface area contributed by atoms with Crippen molar-refractivity contribution >= 4 is 23.0 Å². The highest BCUT2D eigenvalue weighted by molar-refractivity contribution is 6.33. The van der Waals surface area contributed by atoms with Gasteiger partial charge in [-0.1, -0.05) is 23.7 Å². The number of carbonyl (C=O) groups is 1. The summed E-state index contributed by atoms with van der Waals surface area (Å²) in [5.41, 5.74) is 8.82. The van der Waals surface area contributed by atoms with Gasteiger partial charge in [0.2, 0.25) is 5.91 Å². The number of nitrogens with two attached hydrogens (primary N) is 1. The molecule has 214 valence electrons. The maximum atomic E-state index is 16.3. The first-order chi connectivity index (χ1) is 19.4. The second-order valence-electron chi connectivity index (χ2n) is 11.9. The molecule has 0 saturated carbocycles. The van der Waals surface area contributed by atoms with E-state index in [0.717, 1.165) is 27.8 Å². The minimum atomic E-state index is -1.42. The molecule has 1 amide bonds. The molecule has 4 N–H and O–H groups in total. The molecule has 0 aliphatic heterocycles. The average molecular weight is 579 g/mol.